The van der Waals surface area contributed by atoms with Crippen LogP contribution in [0.1, 0.15) is 74.1 Å². The Balaban J connectivity index is 1.76. The van der Waals surface area contributed by atoms with E-state index in [2.05, 4.69) is 26.1 Å². The molecule has 2 saturated heterocycles. The first-order chi connectivity index (χ1) is 15.9. The van der Waals surface area contributed by atoms with E-state index in [1.54, 1.807) is 42.5 Å². The van der Waals surface area contributed by atoms with Crippen LogP contribution < -0.4 is 5.32 Å². The second-order valence-electron chi connectivity index (χ2n) is 10.3. The van der Waals surface area contributed by atoms with Crippen LogP contribution >= 0.6 is 23.2 Å². The lowest BCUT2D eigenvalue weighted by Crippen LogP contribution is -2.59. The highest BCUT2D eigenvalue weighted by Gasteiger charge is 2.56. The maximum absolute atomic E-state index is 14.0. The molecule has 6 nitrogen and oxygen atoms in total. The van der Waals surface area contributed by atoms with Crippen LogP contribution in [0.4, 0.5) is 0 Å². The average molecular weight is 505 g/mol. The number of benzene rings is 2. The molecule has 0 radical (unpaired) electrons. The first-order valence-electron chi connectivity index (χ1n) is 11.4. The highest BCUT2D eigenvalue weighted by atomic mass is 35.5. The van der Waals surface area contributed by atoms with Crippen LogP contribution in [0.5, 0.6) is 0 Å². The minimum Gasteiger partial charge on any atom is -0.478 e. The number of carboxylic acids is 1. The topological polar surface area (TPSA) is 78.9 Å². The highest BCUT2D eigenvalue weighted by Crippen LogP contribution is 2.46. The number of carboxylic acid groups (broad SMARTS) is 1. The zero-order valence-electron chi connectivity index (χ0n) is 19.8. The summed E-state index contributed by atoms with van der Waals surface area (Å²) in [5, 5.41) is 13.9. The Bertz CT molecular complexity index is 1080. The van der Waals surface area contributed by atoms with Crippen molar-refractivity contribution < 1.29 is 19.4 Å². The van der Waals surface area contributed by atoms with Gasteiger partial charge in [0.1, 0.15) is 6.04 Å². The highest BCUT2D eigenvalue weighted by molar-refractivity contribution is 6.34. The van der Waals surface area contributed by atoms with Crippen molar-refractivity contribution >= 4 is 35.1 Å². The monoisotopic (exact) mass is 504 g/mol. The van der Waals surface area contributed by atoms with Crippen molar-refractivity contribution in [1.82, 2.24) is 10.2 Å². The van der Waals surface area contributed by atoms with Crippen LogP contribution in [-0.4, -0.2) is 40.3 Å². The first kappa shape index (κ1) is 25.0. The molecule has 2 aliphatic heterocycles. The van der Waals surface area contributed by atoms with E-state index < -0.39 is 17.7 Å². The van der Waals surface area contributed by atoms with Gasteiger partial charge >= 0.3 is 5.97 Å². The van der Waals surface area contributed by atoms with Crippen molar-refractivity contribution in [3.05, 3.63) is 69.2 Å². The number of carbonyl (C=O) groups is 2. The molecule has 2 fully saturated rings. The predicted octanol–water partition coefficient (Wildman–Crippen LogP) is 5.85. The number of rotatable bonds is 4. The maximum atomic E-state index is 14.0. The molecule has 1 spiro atoms. The number of aromatic carboxylic acids is 1. The average Bonchev–Trinajstić information content (AvgIpc) is 3.03. The zero-order chi connectivity index (χ0) is 24.8. The van der Waals surface area contributed by atoms with Gasteiger partial charge in [0.2, 0.25) is 5.91 Å². The number of amides is 1. The zero-order valence-corrected chi connectivity index (χ0v) is 21.3. The van der Waals surface area contributed by atoms with Crippen molar-refractivity contribution in [3.63, 3.8) is 0 Å². The third-order valence-electron chi connectivity index (χ3n) is 6.93. The number of halogens is 2. The summed E-state index contributed by atoms with van der Waals surface area (Å²) in [5.74, 6) is -1.05. The van der Waals surface area contributed by atoms with Crippen molar-refractivity contribution in [1.29, 1.82) is 0 Å². The fourth-order valence-electron chi connectivity index (χ4n) is 5.08. The fraction of sp³-hybridized carbons (Fsp3) is 0.462. The Morgan fingerprint density at radius 2 is 1.79 bits per heavy atom. The van der Waals surface area contributed by atoms with Crippen molar-refractivity contribution in [2.75, 3.05) is 6.61 Å². The normalized spacial score (nSPS) is 26.2. The number of carbonyl (C=O) groups excluding carboxylic acids is 1. The van der Waals surface area contributed by atoms with Crippen LogP contribution in [0.2, 0.25) is 10.0 Å². The molecule has 2 aromatic rings. The molecule has 182 valence electrons. The molecule has 34 heavy (non-hydrogen) atoms. The number of nitrogens with zero attached hydrogens (tertiary/aromatic N) is 1. The molecule has 0 aliphatic carbocycles. The van der Waals surface area contributed by atoms with Gasteiger partial charge in [0.05, 0.1) is 30.0 Å². The van der Waals surface area contributed by atoms with E-state index in [0.717, 1.165) is 11.1 Å². The summed E-state index contributed by atoms with van der Waals surface area (Å²) in [5.41, 5.74) is 1.06. The van der Waals surface area contributed by atoms with E-state index in [9.17, 15) is 14.7 Å². The van der Waals surface area contributed by atoms with Gasteiger partial charge in [-0.2, -0.15) is 0 Å². The summed E-state index contributed by atoms with van der Waals surface area (Å²) < 4.78 is 6.13. The minimum absolute atomic E-state index is 0.0488. The molecular formula is C26H30Cl2N2O4. The Kier molecular flexibility index (Phi) is 6.73. The lowest BCUT2D eigenvalue weighted by Gasteiger charge is -2.49. The van der Waals surface area contributed by atoms with Crippen molar-refractivity contribution in [2.24, 2.45) is 5.41 Å². The molecule has 4 rings (SSSR count). The van der Waals surface area contributed by atoms with Gasteiger partial charge in [-0.15, -0.1) is 0 Å². The number of hydrogen-bond donors (Lipinski definition) is 2. The fourth-order valence-corrected chi connectivity index (χ4v) is 5.62. The lowest BCUT2D eigenvalue weighted by molar-refractivity contribution is -0.146. The Labute approximate surface area is 210 Å². The molecule has 4 atom stereocenters. The second kappa shape index (κ2) is 9.15. The number of nitrogens with one attached hydrogen (secondary N) is 1. The second-order valence-corrected chi connectivity index (χ2v) is 11.2. The maximum Gasteiger partial charge on any atom is 0.335 e. The van der Waals surface area contributed by atoms with Crippen LogP contribution in [-0.2, 0) is 9.53 Å². The molecule has 2 aromatic carbocycles. The van der Waals surface area contributed by atoms with Crippen molar-refractivity contribution in [2.45, 2.75) is 64.4 Å². The number of ether oxygens (including phenoxy) is 1. The third-order valence-corrected chi connectivity index (χ3v) is 7.36. The standard InChI is InChI=1S/C26H30Cl2N2O4/c1-15(16-5-7-17(8-6-16)24(32)33)30-23(31)22(18-11-19(27)13-20(28)12-18)29-26(30)9-10-34-21(14-26)25(2,3)4/h5-8,11-13,15,21-22,29H,9-10,14H2,1-4H3,(H,32,33)/t15-,21?,22?,26?/m1/s1. The van der Waals surface area contributed by atoms with Crippen LogP contribution in [0, 0.1) is 5.41 Å². The van der Waals surface area contributed by atoms with Crippen LogP contribution in [0.3, 0.4) is 0 Å². The number of hydrogen-bond acceptors (Lipinski definition) is 4. The Hall–Kier alpha value is -2.12. The van der Waals surface area contributed by atoms with Gasteiger partial charge in [-0.1, -0.05) is 56.1 Å². The summed E-state index contributed by atoms with van der Waals surface area (Å²) >= 11 is 12.5. The molecule has 3 unspecified atom stereocenters. The smallest absolute Gasteiger partial charge is 0.335 e. The van der Waals surface area contributed by atoms with Gasteiger partial charge in [-0.05, 0) is 53.8 Å². The van der Waals surface area contributed by atoms with Gasteiger partial charge in [0.25, 0.3) is 0 Å². The molecular weight excluding hydrogens is 475 g/mol. The van der Waals surface area contributed by atoms with Crippen LogP contribution in [0.15, 0.2) is 42.5 Å². The quantitative estimate of drug-likeness (QED) is 0.545. The summed E-state index contributed by atoms with van der Waals surface area (Å²) in [6.45, 7) is 8.92. The molecule has 0 saturated carbocycles. The molecule has 0 bridgehead atoms. The van der Waals surface area contributed by atoms with Gasteiger partial charge in [-0.3, -0.25) is 10.1 Å². The SMILES string of the molecule is C[C@H](c1ccc(C(=O)O)cc1)N1C(=O)C(c2cc(Cl)cc(Cl)c2)NC12CCOC(C(C)(C)C)C2. The molecule has 1 amide bonds. The van der Waals surface area contributed by atoms with E-state index >= 15 is 0 Å². The predicted molar refractivity (Wildman–Crippen MR) is 132 cm³/mol. The van der Waals surface area contributed by atoms with E-state index in [4.69, 9.17) is 27.9 Å². The van der Waals surface area contributed by atoms with E-state index in [1.165, 1.54) is 0 Å². The van der Waals surface area contributed by atoms with Crippen molar-refractivity contribution in [3.8, 4) is 0 Å². The van der Waals surface area contributed by atoms with E-state index in [1.807, 2.05) is 11.8 Å². The molecule has 2 heterocycles. The molecule has 2 aliphatic rings. The summed E-state index contributed by atoms with van der Waals surface area (Å²) in [6, 6.07) is 11.0. The largest absolute Gasteiger partial charge is 0.478 e. The lowest BCUT2D eigenvalue weighted by atomic mass is 9.80. The minimum atomic E-state index is -0.982. The summed E-state index contributed by atoms with van der Waals surface area (Å²) in [4.78, 5) is 27.2. The molecule has 0 aromatic heterocycles. The van der Waals surface area contributed by atoms with Gasteiger partial charge in [0.15, 0.2) is 0 Å². The Morgan fingerprint density at radius 1 is 1.18 bits per heavy atom. The van der Waals surface area contributed by atoms with Crippen LogP contribution in [0.25, 0.3) is 0 Å². The van der Waals surface area contributed by atoms with E-state index in [-0.39, 0.29) is 29.0 Å². The third kappa shape index (κ3) is 4.69. The molecule has 8 heteroatoms. The van der Waals surface area contributed by atoms with Gasteiger partial charge in [0, 0.05) is 22.9 Å². The van der Waals surface area contributed by atoms with Gasteiger partial charge < -0.3 is 14.7 Å². The van der Waals surface area contributed by atoms with Gasteiger partial charge in [-0.25, -0.2) is 4.79 Å². The summed E-state index contributed by atoms with van der Waals surface area (Å²) in [7, 11) is 0. The Morgan fingerprint density at radius 3 is 2.35 bits per heavy atom. The summed E-state index contributed by atoms with van der Waals surface area (Å²) in [6.07, 6.45) is 1.21. The molecule has 2 N–H and O–H groups in total. The first-order valence-corrected chi connectivity index (χ1v) is 12.2. The van der Waals surface area contributed by atoms with E-state index in [0.29, 0.717) is 29.5 Å².